The number of carbonyl (C=O) groups is 2. The molecule has 0 fully saturated rings. The van der Waals surface area contributed by atoms with E-state index >= 15 is 0 Å². The Morgan fingerprint density at radius 2 is 1.93 bits per heavy atom. The summed E-state index contributed by atoms with van der Waals surface area (Å²) in [7, 11) is 0. The summed E-state index contributed by atoms with van der Waals surface area (Å²) in [5.74, 6) is 0.532. The first-order valence-electron chi connectivity index (χ1n) is 5.09. The molecule has 0 aliphatic heterocycles. The standard InChI is InChI=1S/C11H18O3S/c1-3-11(13)14-8-6-4-5-7-9-15-10(2)12/h3H,1,4-9H2,2H3. The Morgan fingerprint density at radius 3 is 2.53 bits per heavy atom. The van der Waals surface area contributed by atoms with Crippen molar-refractivity contribution in [3.8, 4) is 0 Å². The fraction of sp³-hybridized carbons (Fsp3) is 0.636. The van der Waals surface area contributed by atoms with Gasteiger partial charge in [-0.1, -0.05) is 31.2 Å². The van der Waals surface area contributed by atoms with Crippen molar-refractivity contribution in [2.75, 3.05) is 12.4 Å². The van der Waals surface area contributed by atoms with Crippen LogP contribution in [0.4, 0.5) is 0 Å². The van der Waals surface area contributed by atoms with Gasteiger partial charge in [-0.3, -0.25) is 4.79 Å². The zero-order valence-electron chi connectivity index (χ0n) is 9.16. The lowest BCUT2D eigenvalue weighted by Crippen LogP contribution is -2.01. The van der Waals surface area contributed by atoms with Crippen molar-refractivity contribution >= 4 is 22.8 Å². The maximum Gasteiger partial charge on any atom is 0.330 e. The number of ether oxygens (including phenoxy) is 1. The summed E-state index contributed by atoms with van der Waals surface area (Å²) < 4.78 is 4.82. The van der Waals surface area contributed by atoms with Crippen LogP contribution in [0.5, 0.6) is 0 Å². The van der Waals surface area contributed by atoms with Crippen LogP contribution in [-0.2, 0) is 14.3 Å². The molecule has 0 saturated heterocycles. The van der Waals surface area contributed by atoms with E-state index in [0.717, 1.165) is 31.4 Å². The lowest BCUT2D eigenvalue weighted by Gasteiger charge is -2.01. The number of hydrogen-bond acceptors (Lipinski definition) is 4. The highest BCUT2D eigenvalue weighted by Crippen LogP contribution is 2.08. The molecule has 0 saturated carbocycles. The summed E-state index contributed by atoms with van der Waals surface area (Å²) in [6.07, 6.45) is 5.20. The van der Waals surface area contributed by atoms with E-state index in [0.29, 0.717) is 6.61 Å². The van der Waals surface area contributed by atoms with Gasteiger partial charge in [0.2, 0.25) is 0 Å². The normalized spacial score (nSPS) is 9.67. The number of carbonyl (C=O) groups excluding carboxylic acids is 2. The maximum absolute atomic E-state index is 10.6. The van der Waals surface area contributed by atoms with Crippen LogP contribution in [0, 0.1) is 0 Å². The molecule has 0 aliphatic rings. The fourth-order valence-electron chi connectivity index (χ4n) is 1.01. The Kier molecular flexibility index (Phi) is 9.27. The minimum absolute atomic E-state index is 0.176. The van der Waals surface area contributed by atoms with E-state index in [4.69, 9.17) is 4.74 Å². The third-order valence-electron chi connectivity index (χ3n) is 1.75. The third-order valence-corrected chi connectivity index (χ3v) is 2.65. The third kappa shape index (κ3) is 11.2. The lowest BCUT2D eigenvalue weighted by molar-refractivity contribution is -0.137. The molecule has 3 nitrogen and oxygen atoms in total. The molecule has 0 atom stereocenters. The van der Waals surface area contributed by atoms with Gasteiger partial charge < -0.3 is 4.74 Å². The van der Waals surface area contributed by atoms with Crippen molar-refractivity contribution in [1.82, 2.24) is 0 Å². The Hall–Kier alpha value is -0.770. The predicted octanol–water partition coefficient (Wildman–Crippen LogP) is 2.56. The number of thioether (sulfide) groups is 1. The largest absolute Gasteiger partial charge is 0.463 e. The van der Waals surface area contributed by atoms with Crippen LogP contribution >= 0.6 is 11.8 Å². The average Bonchev–Trinajstić information content (AvgIpc) is 2.21. The Bertz CT molecular complexity index is 214. The Labute approximate surface area is 95.3 Å². The molecule has 0 heterocycles. The molecular weight excluding hydrogens is 212 g/mol. The molecule has 0 rings (SSSR count). The summed E-state index contributed by atoms with van der Waals surface area (Å²) in [6, 6.07) is 0. The molecule has 0 aromatic rings. The Balaban J connectivity index is 3.08. The first kappa shape index (κ1) is 14.2. The molecule has 0 amide bonds. The zero-order valence-corrected chi connectivity index (χ0v) is 9.98. The van der Waals surface area contributed by atoms with E-state index in [1.807, 2.05) is 0 Å². The van der Waals surface area contributed by atoms with Crippen molar-refractivity contribution in [3.63, 3.8) is 0 Å². The second-order valence-electron chi connectivity index (χ2n) is 3.13. The first-order valence-corrected chi connectivity index (χ1v) is 6.08. The van der Waals surface area contributed by atoms with Gasteiger partial charge in [-0.25, -0.2) is 4.79 Å². The summed E-state index contributed by atoms with van der Waals surface area (Å²) in [5, 5.41) is 0.176. The van der Waals surface area contributed by atoms with Crippen molar-refractivity contribution in [2.24, 2.45) is 0 Å². The van der Waals surface area contributed by atoms with Crippen LogP contribution in [0.1, 0.15) is 32.6 Å². The van der Waals surface area contributed by atoms with Crippen LogP contribution in [0.25, 0.3) is 0 Å². The summed E-state index contributed by atoms with van der Waals surface area (Å²) in [5.41, 5.74) is 0. The van der Waals surface area contributed by atoms with Gasteiger partial charge in [-0.2, -0.15) is 0 Å². The summed E-state index contributed by atoms with van der Waals surface area (Å²) in [4.78, 5) is 21.2. The molecule has 0 unspecified atom stereocenters. The van der Waals surface area contributed by atoms with Gasteiger partial charge in [0.05, 0.1) is 6.61 Å². The molecule has 0 N–H and O–H groups in total. The van der Waals surface area contributed by atoms with Crippen LogP contribution in [0.3, 0.4) is 0 Å². The van der Waals surface area contributed by atoms with E-state index in [1.165, 1.54) is 17.8 Å². The molecule has 0 aromatic carbocycles. The summed E-state index contributed by atoms with van der Waals surface area (Å²) >= 11 is 1.37. The van der Waals surface area contributed by atoms with Gasteiger partial charge in [-0.05, 0) is 12.8 Å². The average molecular weight is 230 g/mol. The van der Waals surface area contributed by atoms with E-state index in [1.54, 1.807) is 6.92 Å². The quantitative estimate of drug-likeness (QED) is 0.365. The summed E-state index contributed by atoms with van der Waals surface area (Å²) in [6.45, 7) is 5.35. The highest BCUT2D eigenvalue weighted by atomic mass is 32.2. The maximum atomic E-state index is 10.6. The molecule has 0 bridgehead atoms. The van der Waals surface area contributed by atoms with Crippen LogP contribution in [-0.4, -0.2) is 23.4 Å². The Morgan fingerprint density at radius 1 is 1.27 bits per heavy atom. The van der Waals surface area contributed by atoms with Crippen molar-refractivity contribution in [3.05, 3.63) is 12.7 Å². The van der Waals surface area contributed by atoms with E-state index in [-0.39, 0.29) is 11.1 Å². The fourth-order valence-corrected chi connectivity index (χ4v) is 1.64. The van der Waals surface area contributed by atoms with Crippen LogP contribution < -0.4 is 0 Å². The second kappa shape index (κ2) is 9.77. The van der Waals surface area contributed by atoms with Crippen molar-refractivity contribution in [1.29, 1.82) is 0 Å². The van der Waals surface area contributed by atoms with Gasteiger partial charge in [0, 0.05) is 18.8 Å². The second-order valence-corrected chi connectivity index (χ2v) is 4.40. The lowest BCUT2D eigenvalue weighted by atomic mass is 10.2. The molecule has 86 valence electrons. The molecule has 0 aromatic heterocycles. The van der Waals surface area contributed by atoms with E-state index in [2.05, 4.69) is 6.58 Å². The highest BCUT2D eigenvalue weighted by molar-refractivity contribution is 8.13. The minimum atomic E-state index is -0.359. The van der Waals surface area contributed by atoms with Crippen LogP contribution in [0.15, 0.2) is 12.7 Å². The van der Waals surface area contributed by atoms with Gasteiger partial charge in [-0.15, -0.1) is 0 Å². The van der Waals surface area contributed by atoms with Gasteiger partial charge in [0.1, 0.15) is 0 Å². The number of esters is 1. The first-order chi connectivity index (χ1) is 7.16. The molecule has 15 heavy (non-hydrogen) atoms. The predicted molar refractivity (Wildman–Crippen MR) is 62.8 cm³/mol. The van der Waals surface area contributed by atoms with E-state index in [9.17, 15) is 9.59 Å². The van der Waals surface area contributed by atoms with Crippen molar-refractivity contribution in [2.45, 2.75) is 32.6 Å². The SMILES string of the molecule is C=CC(=O)OCCCCCCSC(C)=O. The monoisotopic (exact) mass is 230 g/mol. The molecule has 0 radical (unpaired) electrons. The van der Waals surface area contributed by atoms with Gasteiger partial charge in [0.25, 0.3) is 0 Å². The number of rotatable bonds is 8. The number of unbranched alkanes of at least 4 members (excludes halogenated alkanes) is 3. The van der Waals surface area contributed by atoms with Gasteiger partial charge >= 0.3 is 5.97 Å². The smallest absolute Gasteiger partial charge is 0.330 e. The van der Waals surface area contributed by atoms with Crippen molar-refractivity contribution < 1.29 is 14.3 Å². The molecule has 4 heteroatoms. The van der Waals surface area contributed by atoms with Crippen LogP contribution in [0.2, 0.25) is 0 Å². The molecule has 0 aliphatic carbocycles. The topological polar surface area (TPSA) is 43.4 Å². The highest BCUT2D eigenvalue weighted by Gasteiger charge is 1.96. The zero-order chi connectivity index (χ0) is 11.5. The number of hydrogen-bond donors (Lipinski definition) is 0. The van der Waals surface area contributed by atoms with Gasteiger partial charge in [0.15, 0.2) is 5.12 Å². The minimum Gasteiger partial charge on any atom is -0.463 e. The molecular formula is C11H18O3S. The molecule has 0 spiro atoms. The van der Waals surface area contributed by atoms with E-state index < -0.39 is 0 Å².